The molecular formula is C16H16Cl2N4O2S2. The molecule has 0 radical (unpaired) electrons. The van der Waals surface area contributed by atoms with Gasteiger partial charge >= 0.3 is 0 Å². The van der Waals surface area contributed by atoms with E-state index in [2.05, 4.69) is 15.8 Å². The molecule has 0 bridgehead atoms. The number of hydrogen-bond donors (Lipinski definition) is 2. The number of hydrogen-bond acceptors (Lipinski definition) is 4. The van der Waals surface area contributed by atoms with E-state index in [0.29, 0.717) is 21.3 Å². The van der Waals surface area contributed by atoms with Crippen LogP contribution in [0.5, 0.6) is 0 Å². The number of thiocarbonyl (C=S) groups is 1. The molecule has 0 aromatic heterocycles. The average Bonchev–Trinajstić information content (AvgIpc) is 2.58. The number of anilines is 1. The van der Waals surface area contributed by atoms with Gasteiger partial charge < -0.3 is 5.32 Å². The second-order valence-electron chi connectivity index (χ2n) is 5.28. The summed E-state index contributed by atoms with van der Waals surface area (Å²) in [5.74, 6) is 0. The van der Waals surface area contributed by atoms with Crippen LogP contribution in [-0.4, -0.2) is 38.1 Å². The number of sulfonamides is 1. The Morgan fingerprint density at radius 3 is 2.58 bits per heavy atom. The van der Waals surface area contributed by atoms with Crippen molar-refractivity contribution in [3.63, 3.8) is 0 Å². The molecule has 2 aromatic carbocycles. The normalized spacial score (nSPS) is 11.7. The summed E-state index contributed by atoms with van der Waals surface area (Å²) in [4.78, 5) is 0.157. The molecule has 0 saturated carbocycles. The SMILES string of the molecule is CN(C)S(=O)(=O)c1cccc(NC(=S)N/N=C/c2cccc(Cl)c2Cl)c1. The predicted molar refractivity (Wildman–Crippen MR) is 111 cm³/mol. The smallest absolute Gasteiger partial charge is 0.242 e. The largest absolute Gasteiger partial charge is 0.331 e. The third-order valence-corrected chi connectivity index (χ3v) is 6.06. The second-order valence-corrected chi connectivity index (χ2v) is 8.63. The van der Waals surface area contributed by atoms with E-state index in [1.165, 1.54) is 32.4 Å². The molecule has 0 unspecified atom stereocenters. The van der Waals surface area contributed by atoms with E-state index >= 15 is 0 Å². The summed E-state index contributed by atoms with van der Waals surface area (Å²) in [5.41, 5.74) is 3.78. The van der Waals surface area contributed by atoms with E-state index in [0.717, 1.165) is 4.31 Å². The summed E-state index contributed by atoms with van der Waals surface area (Å²) in [5, 5.41) is 7.87. The highest BCUT2D eigenvalue weighted by Crippen LogP contribution is 2.24. The Bertz CT molecular complexity index is 947. The fraction of sp³-hybridized carbons (Fsp3) is 0.125. The first-order valence-corrected chi connectivity index (χ1v) is 9.89. The molecule has 0 heterocycles. The lowest BCUT2D eigenvalue weighted by atomic mass is 10.2. The van der Waals surface area contributed by atoms with Gasteiger partial charge in [0, 0.05) is 25.3 Å². The molecule has 2 aromatic rings. The van der Waals surface area contributed by atoms with Crippen LogP contribution in [0, 0.1) is 0 Å². The third-order valence-electron chi connectivity index (χ3n) is 3.22. The summed E-state index contributed by atoms with van der Waals surface area (Å²) >= 11 is 17.1. The molecule has 0 atom stereocenters. The van der Waals surface area contributed by atoms with Gasteiger partial charge in [-0.1, -0.05) is 41.4 Å². The Labute approximate surface area is 167 Å². The van der Waals surface area contributed by atoms with Crippen molar-refractivity contribution < 1.29 is 8.42 Å². The fourth-order valence-corrected chi connectivity index (χ4v) is 3.36. The lowest BCUT2D eigenvalue weighted by molar-refractivity contribution is 0.521. The molecule has 0 fully saturated rings. The molecule has 2 rings (SSSR count). The van der Waals surface area contributed by atoms with Crippen LogP contribution in [0.1, 0.15) is 5.56 Å². The van der Waals surface area contributed by atoms with E-state index < -0.39 is 10.0 Å². The number of benzene rings is 2. The zero-order valence-electron chi connectivity index (χ0n) is 13.9. The van der Waals surface area contributed by atoms with Crippen molar-refractivity contribution >= 4 is 62.5 Å². The van der Waals surface area contributed by atoms with Crippen molar-refractivity contribution in [3.8, 4) is 0 Å². The molecular weight excluding hydrogens is 415 g/mol. The van der Waals surface area contributed by atoms with Crippen LogP contribution >= 0.6 is 35.4 Å². The summed E-state index contributed by atoms with van der Waals surface area (Å²) < 4.78 is 25.5. The second kappa shape index (κ2) is 8.79. The molecule has 0 amide bonds. The predicted octanol–water partition coefficient (Wildman–Crippen LogP) is 3.56. The molecule has 10 heteroatoms. The van der Waals surface area contributed by atoms with Gasteiger partial charge in [0.15, 0.2) is 5.11 Å². The Morgan fingerprint density at radius 2 is 1.88 bits per heavy atom. The average molecular weight is 431 g/mol. The van der Waals surface area contributed by atoms with E-state index in [9.17, 15) is 8.42 Å². The lowest BCUT2D eigenvalue weighted by Gasteiger charge is -2.13. The van der Waals surface area contributed by atoms with Crippen molar-refractivity contribution in [1.82, 2.24) is 9.73 Å². The fourth-order valence-electron chi connectivity index (χ4n) is 1.88. The van der Waals surface area contributed by atoms with E-state index in [1.807, 2.05) is 0 Å². The minimum absolute atomic E-state index is 0.157. The molecule has 0 saturated heterocycles. The van der Waals surface area contributed by atoms with E-state index in [4.69, 9.17) is 35.4 Å². The highest BCUT2D eigenvalue weighted by molar-refractivity contribution is 7.89. The zero-order chi connectivity index (χ0) is 19.3. The van der Waals surface area contributed by atoms with E-state index in [-0.39, 0.29) is 10.0 Å². The number of rotatable bonds is 5. The first kappa shape index (κ1) is 20.6. The van der Waals surface area contributed by atoms with E-state index in [1.54, 1.807) is 30.3 Å². The molecule has 6 nitrogen and oxygen atoms in total. The number of nitrogens with one attached hydrogen (secondary N) is 2. The minimum atomic E-state index is -3.52. The van der Waals surface area contributed by atoms with Crippen LogP contribution in [0.25, 0.3) is 0 Å². The van der Waals surface area contributed by atoms with Crippen LogP contribution in [0.2, 0.25) is 10.0 Å². The summed E-state index contributed by atoms with van der Waals surface area (Å²) in [7, 11) is -0.585. The standard InChI is InChI=1S/C16H16Cl2N4O2S2/c1-22(2)26(23,24)13-7-4-6-12(9-13)20-16(25)21-19-10-11-5-3-8-14(17)15(11)18/h3-10H,1-2H3,(H2,20,21,25)/b19-10+. The quantitative estimate of drug-likeness (QED) is 0.430. The Morgan fingerprint density at radius 1 is 1.19 bits per heavy atom. The van der Waals surface area contributed by atoms with Crippen molar-refractivity contribution in [2.24, 2.45) is 5.10 Å². The summed E-state index contributed by atoms with van der Waals surface area (Å²) in [6.45, 7) is 0. The van der Waals surface area contributed by atoms with Gasteiger partial charge in [-0.25, -0.2) is 12.7 Å². The maximum Gasteiger partial charge on any atom is 0.242 e. The van der Waals surface area contributed by atoms with Gasteiger partial charge in [0.25, 0.3) is 0 Å². The molecule has 0 aliphatic carbocycles. The lowest BCUT2D eigenvalue weighted by Crippen LogP contribution is -2.25. The third kappa shape index (κ3) is 5.15. The van der Waals surface area contributed by atoms with Gasteiger partial charge in [0.05, 0.1) is 21.2 Å². The minimum Gasteiger partial charge on any atom is -0.331 e. The Kier molecular flexibility index (Phi) is 6.96. The molecule has 0 aliphatic heterocycles. The highest BCUT2D eigenvalue weighted by atomic mass is 35.5. The van der Waals surface area contributed by atoms with Gasteiger partial charge in [-0.05, 0) is 36.5 Å². The highest BCUT2D eigenvalue weighted by Gasteiger charge is 2.17. The van der Waals surface area contributed by atoms with Crippen LogP contribution in [0.3, 0.4) is 0 Å². The van der Waals surface area contributed by atoms with Crippen molar-refractivity contribution in [1.29, 1.82) is 0 Å². The van der Waals surface area contributed by atoms with Crippen molar-refractivity contribution in [3.05, 3.63) is 58.1 Å². The first-order valence-electron chi connectivity index (χ1n) is 7.28. The molecule has 0 spiro atoms. The molecule has 2 N–H and O–H groups in total. The number of halogens is 2. The number of nitrogens with zero attached hydrogens (tertiary/aromatic N) is 2. The Balaban J connectivity index is 2.04. The van der Waals surface area contributed by atoms with Crippen LogP contribution in [0.15, 0.2) is 52.5 Å². The Hall–Kier alpha value is -1.71. The molecule has 0 aliphatic rings. The number of hydrazone groups is 1. The van der Waals surface area contributed by atoms with Gasteiger partial charge in [0.2, 0.25) is 10.0 Å². The van der Waals surface area contributed by atoms with Crippen molar-refractivity contribution in [2.45, 2.75) is 4.90 Å². The topological polar surface area (TPSA) is 73.8 Å². The summed E-state index contributed by atoms with van der Waals surface area (Å²) in [6, 6.07) is 11.5. The summed E-state index contributed by atoms with van der Waals surface area (Å²) in [6.07, 6.45) is 1.48. The van der Waals surface area contributed by atoms with Gasteiger partial charge in [-0.15, -0.1) is 0 Å². The zero-order valence-corrected chi connectivity index (χ0v) is 17.0. The van der Waals surface area contributed by atoms with Gasteiger partial charge in [0.1, 0.15) is 0 Å². The van der Waals surface area contributed by atoms with Crippen LogP contribution in [0.4, 0.5) is 5.69 Å². The maximum atomic E-state index is 12.2. The monoisotopic (exact) mass is 430 g/mol. The maximum absolute atomic E-state index is 12.2. The first-order chi connectivity index (χ1) is 12.2. The van der Waals surface area contributed by atoms with Gasteiger partial charge in [-0.3, -0.25) is 5.43 Å². The molecule has 138 valence electrons. The van der Waals surface area contributed by atoms with Crippen LogP contribution in [-0.2, 0) is 10.0 Å². The molecule has 26 heavy (non-hydrogen) atoms. The van der Waals surface area contributed by atoms with Gasteiger partial charge in [-0.2, -0.15) is 5.10 Å². The van der Waals surface area contributed by atoms with Crippen LogP contribution < -0.4 is 10.7 Å². The van der Waals surface area contributed by atoms with Crippen molar-refractivity contribution in [2.75, 3.05) is 19.4 Å².